The van der Waals surface area contributed by atoms with Crippen LogP contribution in [0.4, 0.5) is 0 Å². The summed E-state index contributed by atoms with van der Waals surface area (Å²) < 4.78 is 10.9. The van der Waals surface area contributed by atoms with E-state index in [0.29, 0.717) is 25.5 Å². The van der Waals surface area contributed by atoms with E-state index in [0.717, 1.165) is 24.1 Å². The highest BCUT2D eigenvalue weighted by atomic mass is 16.5. The molecular weight excluding hydrogens is 254 g/mol. The number of likely N-dealkylation sites (N-methyl/N-ethyl adjacent to an activating group) is 1. The van der Waals surface area contributed by atoms with Crippen molar-refractivity contribution in [2.45, 2.75) is 13.8 Å². The van der Waals surface area contributed by atoms with Gasteiger partial charge in [-0.2, -0.15) is 0 Å². The van der Waals surface area contributed by atoms with Gasteiger partial charge in [-0.05, 0) is 25.6 Å². The van der Waals surface area contributed by atoms with Crippen LogP contribution in [-0.4, -0.2) is 43.5 Å². The highest BCUT2D eigenvalue weighted by Gasteiger charge is 2.15. The van der Waals surface area contributed by atoms with E-state index in [1.54, 1.807) is 0 Å². The molecule has 0 bridgehead atoms. The third-order valence-corrected chi connectivity index (χ3v) is 3.27. The smallest absolute Gasteiger partial charge is 0.211 e. The van der Waals surface area contributed by atoms with Crippen LogP contribution in [0.1, 0.15) is 24.4 Å². The van der Waals surface area contributed by atoms with E-state index in [4.69, 9.17) is 9.15 Å². The molecule has 0 aliphatic heterocycles. The van der Waals surface area contributed by atoms with Crippen LogP contribution in [0.2, 0.25) is 0 Å². The third kappa shape index (κ3) is 3.68. The molecule has 4 nitrogen and oxygen atoms in total. The number of para-hydroxylation sites is 1. The molecule has 2 rings (SSSR count). The van der Waals surface area contributed by atoms with Gasteiger partial charge in [-0.3, -0.25) is 9.69 Å². The Morgan fingerprint density at radius 1 is 1.30 bits per heavy atom. The molecule has 108 valence electrons. The van der Waals surface area contributed by atoms with Crippen molar-refractivity contribution in [1.82, 2.24) is 4.90 Å². The summed E-state index contributed by atoms with van der Waals surface area (Å²) in [5.74, 6) is 0.445. The largest absolute Gasteiger partial charge is 0.453 e. The molecule has 1 heterocycles. The van der Waals surface area contributed by atoms with Crippen molar-refractivity contribution >= 4 is 16.8 Å². The number of Topliss-reactive ketones (excluding diaryl/α,β-unsaturated/α-hetero) is 1. The number of ether oxygens (including phenoxy) is 1. The molecule has 1 aromatic heterocycles. The summed E-state index contributed by atoms with van der Waals surface area (Å²) in [5, 5.41) is 0.966. The zero-order valence-corrected chi connectivity index (χ0v) is 12.1. The molecule has 0 fully saturated rings. The van der Waals surface area contributed by atoms with E-state index in [1.165, 1.54) is 0 Å². The van der Waals surface area contributed by atoms with Crippen LogP contribution in [0.5, 0.6) is 0 Å². The van der Waals surface area contributed by atoms with Crippen LogP contribution in [0.3, 0.4) is 0 Å². The van der Waals surface area contributed by atoms with Crippen molar-refractivity contribution in [1.29, 1.82) is 0 Å². The van der Waals surface area contributed by atoms with E-state index in [2.05, 4.69) is 4.90 Å². The van der Waals surface area contributed by atoms with Gasteiger partial charge in [0.1, 0.15) is 5.58 Å². The second-order valence-electron chi connectivity index (χ2n) is 4.64. The molecule has 0 saturated carbocycles. The van der Waals surface area contributed by atoms with Gasteiger partial charge in [0.25, 0.3) is 0 Å². The Morgan fingerprint density at radius 3 is 2.80 bits per heavy atom. The molecule has 1 aromatic carbocycles. The first-order valence-corrected chi connectivity index (χ1v) is 7.06. The third-order valence-electron chi connectivity index (χ3n) is 3.27. The van der Waals surface area contributed by atoms with Crippen LogP contribution < -0.4 is 0 Å². The van der Waals surface area contributed by atoms with Gasteiger partial charge in [-0.1, -0.05) is 25.1 Å². The molecular formula is C16H21NO3. The fourth-order valence-electron chi connectivity index (χ4n) is 2.09. The molecule has 0 spiro atoms. The lowest BCUT2D eigenvalue weighted by atomic mass is 10.2. The Hall–Kier alpha value is -1.65. The van der Waals surface area contributed by atoms with Crippen molar-refractivity contribution in [3.8, 4) is 0 Å². The fraction of sp³-hybridized carbons (Fsp3) is 0.438. The minimum Gasteiger partial charge on any atom is -0.453 e. The molecule has 0 saturated heterocycles. The molecule has 0 aliphatic rings. The van der Waals surface area contributed by atoms with Crippen LogP contribution >= 0.6 is 0 Å². The quantitative estimate of drug-likeness (QED) is 0.548. The van der Waals surface area contributed by atoms with Gasteiger partial charge in [-0.25, -0.2) is 0 Å². The van der Waals surface area contributed by atoms with Crippen LogP contribution in [0.25, 0.3) is 11.0 Å². The number of nitrogens with zero attached hydrogens (tertiary/aromatic N) is 1. The zero-order chi connectivity index (χ0) is 14.4. The standard InChI is InChI=1S/C16H21NO3/c1-3-17(9-10-19-4-2)12-14(18)16-11-13-7-5-6-8-15(13)20-16/h5-8,11H,3-4,9-10,12H2,1-2H3. The first-order valence-electron chi connectivity index (χ1n) is 7.06. The topological polar surface area (TPSA) is 42.7 Å². The maximum absolute atomic E-state index is 12.2. The lowest BCUT2D eigenvalue weighted by Crippen LogP contribution is -2.32. The molecule has 0 unspecified atom stereocenters. The highest BCUT2D eigenvalue weighted by molar-refractivity contribution is 5.98. The normalized spacial score (nSPS) is 11.3. The first kappa shape index (κ1) is 14.8. The minimum absolute atomic E-state index is 0.0135. The number of hydrogen-bond donors (Lipinski definition) is 0. The van der Waals surface area contributed by atoms with E-state index < -0.39 is 0 Å². The predicted octanol–water partition coefficient (Wildman–Crippen LogP) is 2.97. The number of hydrogen-bond acceptors (Lipinski definition) is 4. The Labute approximate surface area is 119 Å². The molecule has 2 aromatic rings. The van der Waals surface area contributed by atoms with E-state index in [9.17, 15) is 4.79 Å². The molecule has 0 amide bonds. The molecule has 20 heavy (non-hydrogen) atoms. The number of carbonyl (C=O) groups is 1. The van der Waals surface area contributed by atoms with Gasteiger partial charge in [0.2, 0.25) is 5.78 Å². The predicted molar refractivity (Wildman–Crippen MR) is 79.2 cm³/mol. The van der Waals surface area contributed by atoms with Gasteiger partial charge in [0.05, 0.1) is 13.2 Å². The van der Waals surface area contributed by atoms with Gasteiger partial charge < -0.3 is 9.15 Å². The van der Waals surface area contributed by atoms with Crippen molar-refractivity contribution in [2.24, 2.45) is 0 Å². The maximum Gasteiger partial charge on any atom is 0.211 e. The van der Waals surface area contributed by atoms with Crippen LogP contribution in [0, 0.1) is 0 Å². The average molecular weight is 275 g/mol. The Balaban J connectivity index is 1.99. The summed E-state index contributed by atoms with van der Waals surface area (Å²) in [6, 6.07) is 9.47. The number of ketones is 1. The zero-order valence-electron chi connectivity index (χ0n) is 12.1. The van der Waals surface area contributed by atoms with E-state index in [-0.39, 0.29) is 5.78 Å². The van der Waals surface area contributed by atoms with E-state index in [1.807, 2.05) is 44.2 Å². The summed E-state index contributed by atoms with van der Waals surface area (Å²) in [5.41, 5.74) is 0.758. The average Bonchev–Trinajstić information content (AvgIpc) is 2.90. The van der Waals surface area contributed by atoms with Gasteiger partial charge in [0.15, 0.2) is 5.76 Å². The maximum atomic E-state index is 12.2. The van der Waals surface area contributed by atoms with Crippen molar-refractivity contribution < 1.29 is 13.9 Å². The summed E-state index contributed by atoms with van der Waals surface area (Å²) in [6.07, 6.45) is 0. The lowest BCUT2D eigenvalue weighted by molar-refractivity contribution is 0.0845. The fourth-order valence-corrected chi connectivity index (χ4v) is 2.09. The highest BCUT2D eigenvalue weighted by Crippen LogP contribution is 2.19. The molecule has 4 heteroatoms. The second-order valence-corrected chi connectivity index (χ2v) is 4.64. The van der Waals surface area contributed by atoms with Gasteiger partial charge in [0, 0.05) is 18.5 Å². The SMILES string of the molecule is CCOCCN(CC)CC(=O)c1cc2ccccc2o1. The number of carbonyl (C=O) groups excluding carboxylic acids is 1. The summed E-state index contributed by atoms with van der Waals surface area (Å²) in [7, 11) is 0. The molecule has 0 atom stereocenters. The van der Waals surface area contributed by atoms with Crippen LogP contribution in [-0.2, 0) is 4.74 Å². The lowest BCUT2D eigenvalue weighted by Gasteiger charge is -2.18. The Bertz CT molecular complexity index is 529. The van der Waals surface area contributed by atoms with E-state index >= 15 is 0 Å². The van der Waals surface area contributed by atoms with Gasteiger partial charge >= 0.3 is 0 Å². The van der Waals surface area contributed by atoms with Crippen LogP contribution in [0.15, 0.2) is 34.7 Å². The molecule has 0 aliphatic carbocycles. The number of fused-ring (bicyclic) bond motifs is 1. The Morgan fingerprint density at radius 2 is 2.10 bits per heavy atom. The number of furan rings is 1. The summed E-state index contributed by atoms with van der Waals surface area (Å²) in [4.78, 5) is 14.3. The Kier molecular flexibility index (Phi) is 5.32. The summed E-state index contributed by atoms with van der Waals surface area (Å²) >= 11 is 0. The monoisotopic (exact) mass is 275 g/mol. The molecule has 0 N–H and O–H groups in total. The summed E-state index contributed by atoms with van der Waals surface area (Å²) in [6.45, 7) is 7.30. The first-order chi connectivity index (χ1) is 9.74. The van der Waals surface area contributed by atoms with Crippen molar-refractivity contribution in [2.75, 3.05) is 32.8 Å². The minimum atomic E-state index is 0.0135. The van der Waals surface area contributed by atoms with Gasteiger partial charge in [-0.15, -0.1) is 0 Å². The number of benzene rings is 1. The van der Waals surface area contributed by atoms with Crippen molar-refractivity contribution in [3.63, 3.8) is 0 Å². The van der Waals surface area contributed by atoms with Crippen molar-refractivity contribution in [3.05, 3.63) is 36.1 Å². The second kappa shape index (κ2) is 7.22. The molecule has 0 radical (unpaired) electrons. The number of rotatable bonds is 8.